The fourth-order valence-electron chi connectivity index (χ4n) is 1.95. The number of ketones is 1. The van der Waals surface area contributed by atoms with E-state index in [1.807, 2.05) is 20.8 Å². The van der Waals surface area contributed by atoms with Crippen LogP contribution in [-0.4, -0.2) is 23.1 Å². The molecular weight excluding hydrogens is 170 g/mol. The fraction of sp³-hybridized carbons (Fsp3) is 0.889. The van der Waals surface area contributed by atoms with E-state index in [4.69, 9.17) is 0 Å². The van der Waals surface area contributed by atoms with Crippen LogP contribution in [0.1, 0.15) is 27.2 Å². The number of thiol groups is 1. The molecule has 0 aromatic carbocycles. The lowest BCUT2D eigenvalue weighted by Crippen LogP contribution is -2.45. The molecule has 0 heterocycles. The molecule has 0 saturated heterocycles. The van der Waals surface area contributed by atoms with Gasteiger partial charge in [0.1, 0.15) is 0 Å². The maximum Gasteiger partial charge on any atom is 0.153 e. The summed E-state index contributed by atoms with van der Waals surface area (Å²) in [6, 6.07) is -0.0548. The zero-order valence-electron chi connectivity index (χ0n) is 7.92. The summed E-state index contributed by atoms with van der Waals surface area (Å²) in [7, 11) is 0. The average molecular weight is 187 g/mol. The van der Waals surface area contributed by atoms with Crippen LogP contribution in [0.25, 0.3) is 0 Å². The van der Waals surface area contributed by atoms with Crippen molar-refractivity contribution in [3.8, 4) is 0 Å². The molecule has 0 radical (unpaired) electrons. The Bertz CT molecular complexity index is 191. The fourth-order valence-corrected chi connectivity index (χ4v) is 2.45. The molecule has 70 valence electrons. The first-order valence-electron chi connectivity index (χ1n) is 4.48. The first kappa shape index (κ1) is 10.1. The van der Waals surface area contributed by atoms with Crippen molar-refractivity contribution in [2.45, 2.75) is 38.0 Å². The predicted molar refractivity (Wildman–Crippen MR) is 53.6 cm³/mol. The van der Waals surface area contributed by atoms with Crippen LogP contribution in [0.15, 0.2) is 0 Å². The zero-order valence-corrected chi connectivity index (χ0v) is 8.82. The van der Waals surface area contributed by atoms with E-state index in [0.717, 1.165) is 13.0 Å². The molecule has 1 rings (SSSR count). The monoisotopic (exact) mass is 187 g/mol. The summed E-state index contributed by atoms with van der Waals surface area (Å²) in [4.78, 5) is 11.6. The lowest BCUT2D eigenvalue weighted by Gasteiger charge is -2.24. The van der Waals surface area contributed by atoms with E-state index >= 15 is 0 Å². The van der Waals surface area contributed by atoms with Crippen molar-refractivity contribution in [3.05, 3.63) is 0 Å². The van der Waals surface area contributed by atoms with Crippen LogP contribution in [0.2, 0.25) is 0 Å². The third kappa shape index (κ3) is 1.67. The summed E-state index contributed by atoms with van der Waals surface area (Å²) in [5.74, 6) is 0.478. The number of nitrogens with one attached hydrogen (secondary N) is 1. The lowest BCUT2D eigenvalue weighted by atomic mass is 10.0. The van der Waals surface area contributed by atoms with Gasteiger partial charge in [-0.25, -0.2) is 0 Å². The first-order valence-corrected chi connectivity index (χ1v) is 4.93. The quantitative estimate of drug-likeness (QED) is 0.637. The Labute approximate surface area is 79.5 Å². The number of carbonyl (C=O) groups is 1. The molecular formula is C9H17NOS. The topological polar surface area (TPSA) is 29.1 Å². The number of Topliss-reactive ketones (excluding diaryl/α,β-unsaturated/α-hetero) is 1. The molecule has 1 N–H and O–H groups in total. The van der Waals surface area contributed by atoms with E-state index in [1.54, 1.807) is 0 Å². The number of likely N-dealkylation sites (N-methyl/N-ethyl adjacent to an activating group) is 1. The van der Waals surface area contributed by atoms with Gasteiger partial charge < -0.3 is 5.32 Å². The second-order valence-electron chi connectivity index (χ2n) is 3.86. The normalized spacial score (nSPS) is 42.2. The molecule has 0 aliphatic heterocycles. The third-order valence-electron chi connectivity index (χ3n) is 2.52. The summed E-state index contributed by atoms with van der Waals surface area (Å²) in [6.07, 6.45) is 0.882. The molecule has 0 aromatic rings. The van der Waals surface area contributed by atoms with Crippen LogP contribution in [0.4, 0.5) is 0 Å². The van der Waals surface area contributed by atoms with Crippen LogP contribution >= 0.6 is 12.6 Å². The van der Waals surface area contributed by atoms with Crippen LogP contribution in [0.5, 0.6) is 0 Å². The van der Waals surface area contributed by atoms with E-state index in [-0.39, 0.29) is 16.7 Å². The van der Waals surface area contributed by atoms with Crippen molar-refractivity contribution in [2.24, 2.45) is 5.92 Å². The van der Waals surface area contributed by atoms with Gasteiger partial charge in [0.25, 0.3) is 0 Å². The Balaban J connectivity index is 2.74. The lowest BCUT2D eigenvalue weighted by molar-refractivity contribution is -0.122. The van der Waals surface area contributed by atoms with Gasteiger partial charge in [-0.15, -0.1) is 0 Å². The molecule has 1 aliphatic carbocycles. The summed E-state index contributed by atoms with van der Waals surface area (Å²) < 4.78 is -0.160. The first-order chi connectivity index (χ1) is 5.49. The smallest absolute Gasteiger partial charge is 0.153 e. The van der Waals surface area contributed by atoms with Crippen molar-refractivity contribution in [1.29, 1.82) is 0 Å². The van der Waals surface area contributed by atoms with Gasteiger partial charge in [0, 0.05) is 10.7 Å². The summed E-state index contributed by atoms with van der Waals surface area (Å²) in [6.45, 7) is 6.86. The number of hydrogen-bond donors (Lipinski definition) is 2. The molecule has 1 fully saturated rings. The largest absolute Gasteiger partial charge is 0.307 e. The highest BCUT2D eigenvalue weighted by molar-refractivity contribution is 7.82. The second-order valence-corrected chi connectivity index (χ2v) is 4.88. The molecule has 3 atom stereocenters. The standard InChI is InChI=1S/C9H17NOS/c1-4-10-8-7(11)6(2)5-9(8,3)12/h6,8,10,12H,4-5H2,1-3H3/t6?,8-,9?/m1/s1. The summed E-state index contributed by atoms with van der Waals surface area (Å²) >= 11 is 4.51. The van der Waals surface area contributed by atoms with Gasteiger partial charge in [0.2, 0.25) is 0 Å². The molecule has 2 unspecified atom stereocenters. The average Bonchev–Trinajstić information content (AvgIpc) is 2.13. The molecule has 3 heteroatoms. The van der Waals surface area contributed by atoms with Crippen molar-refractivity contribution in [2.75, 3.05) is 6.54 Å². The highest BCUT2D eigenvalue weighted by Gasteiger charge is 2.45. The summed E-state index contributed by atoms with van der Waals surface area (Å²) in [5.41, 5.74) is 0. The van der Waals surface area contributed by atoms with Gasteiger partial charge in [0.05, 0.1) is 6.04 Å². The Kier molecular flexibility index (Phi) is 2.84. The van der Waals surface area contributed by atoms with Crippen LogP contribution < -0.4 is 5.32 Å². The maximum absolute atomic E-state index is 11.6. The second kappa shape index (κ2) is 3.38. The number of carbonyl (C=O) groups excluding carboxylic acids is 1. The van der Waals surface area contributed by atoms with Crippen LogP contribution in [0, 0.1) is 5.92 Å². The molecule has 0 amide bonds. The van der Waals surface area contributed by atoms with E-state index in [0.29, 0.717) is 5.78 Å². The minimum absolute atomic E-state index is 0.0548. The zero-order chi connectivity index (χ0) is 9.35. The number of rotatable bonds is 2. The van der Waals surface area contributed by atoms with Crippen molar-refractivity contribution < 1.29 is 4.79 Å². The minimum atomic E-state index is -0.160. The Morgan fingerprint density at radius 1 is 1.75 bits per heavy atom. The molecule has 0 bridgehead atoms. The van der Waals surface area contributed by atoms with Gasteiger partial charge in [0.15, 0.2) is 5.78 Å². The van der Waals surface area contributed by atoms with Gasteiger partial charge in [-0.3, -0.25) is 4.79 Å². The Hall–Kier alpha value is -0.0200. The van der Waals surface area contributed by atoms with Gasteiger partial charge in [-0.1, -0.05) is 13.8 Å². The van der Waals surface area contributed by atoms with E-state index in [2.05, 4.69) is 17.9 Å². The highest BCUT2D eigenvalue weighted by atomic mass is 32.1. The molecule has 12 heavy (non-hydrogen) atoms. The SMILES string of the molecule is CCN[C@@H]1C(=O)C(C)CC1(C)S. The predicted octanol–water partition coefficient (Wildman–Crippen LogP) is 1.26. The van der Waals surface area contributed by atoms with Crippen LogP contribution in [-0.2, 0) is 4.79 Å². The molecule has 0 aromatic heterocycles. The van der Waals surface area contributed by atoms with Gasteiger partial charge in [-0.2, -0.15) is 12.6 Å². The van der Waals surface area contributed by atoms with Crippen LogP contribution in [0.3, 0.4) is 0 Å². The minimum Gasteiger partial charge on any atom is -0.307 e. The third-order valence-corrected chi connectivity index (χ3v) is 2.96. The molecule has 2 nitrogen and oxygen atoms in total. The Morgan fingerprint density at radius 2 is 2.33 bits per heavy atom. The molecule has 1 aliphatic rings. The summed E-state index contributed by atoms with van der Waals surface area (Å²) in [5, 5.41) is 3.19. The number of hydrogen-bond acceptors (Lipinski definition) is 3. The van der Waals surface area contributed by atoms with Crippen molar-refractivity contribution in [1.82, 2.24) is 5.32 Å². The van der Waals surface area contributed by atoms with E-state index in [9.17, 15) is 4.79 Å². The van der Waals surface area contributed by atoms with E-state index in [1.165, 1.54) is 0 Å². The Morgan fingerprint density at radius 3 is 2.67 bits per heavy atom. The van der Waals surface area contributed by atoms with E-state index < -0.39 is 0 Å². The van der Waals surface area contributed by atoms with Gasteiger partial charge in [-0.05, 0) is 19.9 Å². The highest BCUT2D eigenvalue weighted by Crippen LogP contribution is 2.36. The molecule has 1 saturated carbocycles. The molecule has 0 spiro atoms. The van der Waals surface area contributed by atoms with Crippen molar-refractivity contribution >= 4 is 18.4 Å². The van der Waals surface area contributed by atoms with Gasteiger partial charge >= 0.3 is 0 Å². The van der Waals surface area contributed by atoms with Crippen molar-refractivity contribution in [3.63, 3.8) is 0 Å². The maximum atomic E-state index is 11.6.